The Kier molecular flexibility index (Phi) is 11.8. The first-order valence-electron chi connectivity index (χ1n) is 11.8. The summed E-state index contributed by atoms with van der Waals surface area (Å²) in [5.74, 6) is 2.78. The summed E-state index contributed by atoms with van der Waals surface area (Å²) in [5, 5.41) is 0. The van der Waals surface area contributed by atoms with Crippen LogP contribution in [0, 0.1) is 13.8 Å². The zero-order chi connectivity index (χ0) is 23.8. The van der Waals surface area contributed by atoms with Crippen molar-refractivity contribution in [3.8, 4) is 23.0 Å². The molecule has 8 nitrogen and oxygen atoms in total. The zero-order valence-corrected chi connectivity index (χ0v) is 20.2. The van der Waals surface area contributed by atoms with Crippen molar-refractivity contribution in [2.45, 2.75) is 13.8 Å². The average Bonchev–Trinajstić information content (AvgIpc) is 2.83. The number of fused-ring (bicyclic) bond motifs is 2. The van der Waals surface area contributed by atoms with Crippen molar-refractivity contribution < 1.29 is 37.9 Å². The van der Waals surface area contributed by atoms with E-state index in [2.05, 4.69) is 0 Å². The van der Waals surface area contributed by atoms with E-state index in [-0.39, 0.29) is 0 Å². The van der Waals surface area contributed by atoms with Crippen LogP contribution < -0.4 is 18.9 Å². The normalized spacial score (nSPS) is 17.9. The fourth-order valence-electron chi connectivity index (χ4n) is 3.18. The van der Waals surface area contributed by atoms with Gasteiger partial charge in [-0.3, -0.25) is 0 Å². The Labute approximate surface area is 202 Å². The standard InChI is InChI=1S/C26H36O8/c1-21-3-5-23-25(19-21)33-17-13-29-9-7-28-12-16-32-24-6-4-22(2)20-26(24)34-18-14-30-10-8-27-11-15-31-23/h3-6,19-20H,7-18H2,1-2H3. The maximum Gasteiger partial charge on any atom is 0.161 e. The molecule has 3 rings (SSSR count). The van der Waals surface area contributed by atoms with Crippen LogP contribution >= 0.6 is 0 Å². The Morgan fingerprint density at radius 1 is 0.382 bits per heavy atom. The molecule has 0 radical (unpaired) electrons. The minimum Gasteiger partial charge on any atom is -0.487 e. The van der Waals surface area contributed by atoms with Crippen LogP contribution in [0.4, 0.5) is 0 Å². The highest BCUT2D eigenvalue weighted by molar-refractivity contribution is 5.43. The number of hydrogen-bond donors (Lipinski definition) is 0. The summed E-state index contributed by atoms with van der Waals surface area (Å²) in [7, 11) is 0. The summed E-state index contributed by atoms with van der Waals surface area (Å²) < 4.78 is 45.8. The summed E-state index contributed by atoms with van der Waals surface area (Å²) in [6, 6.07) is 11.7. The van der Waals surface area contributed by atoms with Crippen LogP contribution in [0.3, 0.4) is 0 Å². The van der Waals surface area contributed by atoms with Gasteiger partial charge in [0.1, 0.15) is 26.4 Å². The third-order valence-electron chi connectivity index (χ3n) is 4.88. The lowest BCUT2D eigenvalue weighted by Crippen LogP contribution is -2.15. The molecule has 0 amide bonds. The number of aryl methyl sites for hydroxylation is 2. The van der Waals surface area contributed by atoms with Crippen LogP contribution in [0.2, 0.25) is 0 Å². The molecule has 2 aromatic rings. The number of rotatable bonds is 0. The Hall–Kier alpha value is -2.52. The largest absolute Gasteiger partial charge is 0.487 e. The lowest BCUT2D eigenvalue weighted by Gasteiger charge is -2.15. The highest BCUT2D eigenvalue weighted by Crippen LogP contribution is 2.29. The SMILES string of the molecule is Cc1ccc2c(c1)OCCOCCOCCOc1ccc(C)cc1OCCOCCOCCO2. The maximum absolute atomic E-state index is 5.86. The molecule has 0 atom stereocenters. The Balaban J connectivity index is 1.48. The zero-order valence-electron chi connectivity index (χ0n) is 20.2. The minimum atomic E-state index is 0.423. The van der Waals surface area contributed by atoms with E-state index in [1.54, 1.807) is 0 Å². The maximum atomic E-state index is 5.86. The molecule has 0 saturated heterocycles. The van der Waals surface area contributed by atoms with Crippen LogP contribution in [-0.4, -0.2) is 79.3 Å². The number of hydrogen-bond acceptors (Lipinski definition) is 8. The van der Waals surface area contributed by atoms with Crippen LogP contribution in [0.5, 0.6) is 23.0 Å². The van der Waals surface area contributed by atoms with Crippen molar-refractivity contribution >= 4 is 0 Å². The van der Waals surface area contributed by atoms with E-state index in [1.807, 2.05) is 50.2 Å². The molecule has 34 heavy (non-hydrogen) atoms. The minimum absolute atomic E-state index is 0.423. The van der Waals surface area contributed by atoms with Gasteiger partial charge in [-0.1, -0.05) is 12.1 Å². The van der Waals surface area contributed by atoms with Crippen LogP contribution in [-0.2, 0) is 18.9 Å². The third-order valence-corrected chi connectivity index (χ3v) is 4.88. The molecule has 0 fully saturated rings. The molecular weight excluding hydrogens is 440 g/mol. The number of benzene rings is 2. The first kappa shape index (κ1) is 26.1. The number of ether oxygens (including phenoxy) is 8. The molecule has 2 aromatic carbocycles. The lowest BCUT2D eigenvalue weighted by atomic mass is 10.2. The summed E-state index contributed by atoms with van der Waals surface area (Å²) in [6.45, 7) is 9.49. The summed E-state index contributed by atoms with van der Waals surface area (Å²) >= 11 is 0. The quantitative estimate of drug-likeness (QED) is 0.571. The Bertz CT molecular complexity index is 772. The van der Waals surface area contributed by atoms with E-state index < -0.39 is 0 Å². The van der Waals surface area contributed by atoms with Crippen LogP contribution in [0.25, 0.3) is 0 Å². The molecule has 0 aromatic heterocycles. The van der Waals surface area contributed by atoms with E-state index in [9.17, 15) is 0 Å². The van der Waals surface area contributed by atoms with Gasteiger partial charge >= 0.3 is 0 Å². The van der Waals surface area contributed by atoms with Gasteiger partial charge < -0.3 is 37.9 Å². The Morgan fingerprint density at radius 2 is 0.676 bits per heavy atom. The fraction of sp³-hybridized carbons (Fsp3) is 0.538. The molecule has 0 saturated carbocycles. The molecular formula is C26H36O8. The molecule has 1 aliphatic heterocycles. The Morgan fingerprint density at radius 3 is 1.03 bits per heavy atom. The highest BCUT2D eigenvalue weighted by Gasteiger charge is 2.08. The van der Waals surface area contributed by atoms with Gasteiger partial charge in [0, 0.05) is 0 Å². The average molecular weight is 477 g/mol. The second kappa shape index (κ2) is 15.4. The molecule has 0 unspecified atom stereocenters. The van der Waals surface area contributed by atoms with Crippen molar-refractivity contribution in [1.82, 2.24) is 0 Å². The van der Waals surface area contributed by atoms with Gasteiger partial charge in [0.2, 0.25) is 0 Å². The summed E-state index contributed by atoms with van der Waals surface area (Å²) in [5.41, 5.74) is 2.20. The topological polar surface area (TPSA) is 73.8 Å². The van der Waals surface area contributed by atoms with Crippen molar-refractivity contribution in [3.05, 3.63) is 47.5 Å². The molecule has 0 aliphatic carbocycles. The van der Waals surface area contributed by atoms with Gasteiger partial charge in [0.25, 0.3) is 0 Å². The second-order valence-corrected chi connectivity index (χ2v) is 7.74. The molecule has 0 N–H and O–H groups in total. The van der Waals surface area contributed by atoms with E-state index in [1.165, 1.54) is 0 Å². The first-order chi connectivity index (χ1) is 16.7. The highest BCUT2D eigenvalue weighted by atomic mass is 16.6. The monoisotopic (exact) mass is 476 g/mol. The molecule has 8 heteroatoms. The molecule has 1 aliphatic rings. The van der Waals surface area contributed by atoms with Gasteiger partial charge in [-0.2, -0.15) is 0 Å². The summed E-state index contributed by atoms with van der Waals surface area (Å²) in [4.78, 5) is 0. The molecule has 188 valence electrons. The van der Waals surface area contributed by atoms with Gasteiger partial charge in [-0.25, -0.2) is 0 Å². The second-order valence-electron chi connectivity index (χ2n) is 7.74. The molecule has 0 bridgehead atoms. The first-order valence-corrected chi connectivity index (χ1v) is 11.8. The van der Waals surface area contributed by atoms with Crippen molar-refractivity contribution in [1.29, 1.82) is 0 Å². The van der Waals surface area contributed by atoms with Gasteiger partial charge in [0.15, 0.2) is 23.0 Å². The van der Waals surface area contributed by atoms with Crippen molar-refractivity contribution in [2.75, 3.05) is 79.3 Å². The fourth-order valence-corrected chi connectivity index (χ4v) is 3.18. The van der Waals surface area contributed by atoms with Crippen LogP contribution in [0.1, 0.15) is 11.1 Å². The third kappa shape index (κ3) is 9.77. The predicted molar refractivity (Wildman–Crippen MR) is 128 cm³/mol. The van der Waals surface area contributed by atoms with E-state index in [4.69, 9.17) is 37.9 Å². The van der Waals surface area contributed by atoms with E-state index in [0.717, 1.165) is 11.1 Å². The van der Waals surface area contributed by atoms with E-state index in [0.29, 0.717) is 102 Å². The van der Waals surface area contributed by atoms with Crippen molar-refractivity contribution in [3.63, 3.8) is 0 Å². The summed E-state index contributed by atoms with van der Waals surface area (Å²) in [6.07, 6.45) is 0. The molecule has 0 spiro atoms. The lowest BCUT2D eigenvalue weighted by molar-refractivity contribution is 0.0223. The van der Waals surface area contributed by atoms with Gasteiger partial charge in [-0.15, -0.1) is 0 Å². The molecule has 1 heterocycles. The smallest absolute Gasteiger partial charge is 0.161 e. The predicted octanol–water partition coefficient (Wildman–Crippen LogP) is 3.60. The van der Waals surface area contributed by atoms with Gasteiger partial charge in [0.05, 0.1) is 52.9 Å². The van der Waals surface area contributed by atoms with Crippen LogP contribution in [0.15, 0.2) is 36.4 Å². The van der Waals surface area contributed by atoms with Gasteiger partial charge in [-0.05, 0) is 49.2 Å². The van der Waals surface area contributed by atoms with E-state index >= 15 is 0 Å². The van der Waals surface area contributed by atoms with Crippen molar-refractivity contribution in [2.24, 2.45) is 0 Å².